The number of allylic oxidation sites excluding steroid dienone is 1. The van der Waals surface area contributed by atoms with Gasteiger partial charge in [-0.25, -0.2) is 9.48 Å². The summed E-state index contributed by atoms with van der Waals surface area (Å²) in [6, 6.07) is 15.2. The van der Waals surface area contributed by atoms with Crippen molar-refractivity contribution in [2.75, 3.05) is 24.3 Å². The van der Waals surface area contributed by atoms with Crippen LogP contribution in [0.3, 0.4) is 0 Å². The number of carbonyl (C=O) groups excluding carboxylic acids is 1. The zero-order valence-electron chi connectivity index (χ0n) is 22.5. The third kappa shape index (κ3) is 6.51. The number of nitrogens with one attached hydrogen (secondary N) is 1. The predicted molar refractivity (Wildman–Crippen MR) is 150 cm³/mol. The molecule has 0 bridgehead atoms. The van der Waals surface area contributed by atoms with Crippen LogP contribution in [0, 0.1) is 0 Å². The molecule has 9 heteroatoms. The van der Waals surface area contributed by atoms with E-state index in [0.717, 1.165) is 36.1 Å². The van der Waals surface area contributed by atoms with Gasteiger partial charge in [-0.3, -0.25) is 0 Å². The number of benzene rings is 2. The summed E-state index contributed by atoms with van der Waals surface area (Å²) in [7, 11) is 0. The molecule has 0 amide bonds. The number of nitrogens with zero attached hydrogens (tertiary/aromatic N) is 3. The SMILES string of the molecule is CCCCSc1nc2n(n1)C(c1ccc(OCc3ccccc3)c(OCC)c1)C(C(=O)OCCC)=C(C)N2. The maximum Gasteiger partial charge on any atom is 0.338 e. The van der Waals surface area contributed by atoms with Crippen LogP contribution in [0.5, 0.6) is 11.5 Å². The maximum absolute atomic E-state index is 13.3. The van der Waals surface area contributed by atoms with E-state index in [4.69, 9.17) is 24.3 Å². The van der Waals surface area contributed by atoms with E-state index in [9.17, 15) is 4.79 Å². The number of hydrogen-bond donors (Lipinski definition) is 1. The zero-order chi connectivity index (χ0) is 26.9. The normalized spacial score (nSPS) is 14.6. The summed E-state index contributed by atoms with van der Waals surface area (Å²) in [4.78, 5) is 18.0. The molecule has 38 heavy (non-hydrogen) atoms. The number of hydrogen-bond acceptors (Lipinski definition) is 8. The summed E-state index contributed by atoms with van der Waals surface area (Å²) in [5, 5.41) is 8.74. The number of esters is 1. The smallest absolute Gasteiger partial charge is 0.338 e. The number of carbonyl (C=O) groups is 1. The van der Waals surface area contributed by atoms with Crippen molar-refractivity contribution in [3.8, 4) is 11.5 Å². The molecule has 1 aromatic heterocycles. The molecule has 0 fully saturated rings. The third-order valence-corrected chi connectivity index (χ3v) is 6.96. The molecule has 2 heterocycles. The van der Waals surface area contributed by atoms with Gasteiger partial charge in [0.25, 0.3) is 0 Å². The average molecular weight is 537 g/mol. The lowest BCUT2D eigenvalue weighted by atomic mass is 9.95. The molecule has 2 aromatic carbocycles. The Hall–Kier alpha value is -3.46. The number of aromatic nitrogens is 3. The second kappa shape index (κ2) is 13.4. The highest BCUT2D eigenvalue weighted by Gasteiger charge is 2.35. The summed E-state index contributed by atoms with van der Waals surface area (Å²) in [6.45, 7) is 9.19. The Labute approximate surface area is 228 Å². The van der Waals surface area contributed by atoms with E-state index in [1.807, 2.05) is 69.3 Å². The van der Waals surface area contributed by atoms with Crippen molar-refractivity contribution in [3.05, 3.63) is 70.9 Å². The van der Waals surface area contributed by atoms with Gasteiger partial charge in [-0.1, -0.05) is 68.4 Å². The Morgan fingerprint density at radius 2 is 1.87 bits per heavy atom. The minimum absolute atomic E-state index is 0.348. The first-order valence-corrected chi connectivity index (χ1v) is 14.2. The van der Waals surface area contributed by atoms with Crippen molar-refractivity contribution in [2.45, 2.75) is 64.8 Å². The highest BCUT2D eigenvalue weighted by Crippen LogP contribution is 2.40. The first-order chi connectivity index (χ1) is 18.5. The van der Waals surface area contributed by atoms with Crippen molar-refractivity contribution >= 4 is 23.7 Å². The van der Waals surface area contributed by atoms with E-state index in [0.29, 0.717) is 53.7 Å². The van der Waals surface area contributed by atoms with E-state index in [2.05, 4.69) is 12.2 Å². The quantitative estimate of drug-likeness (QED) is 0.153. The van der Waals surface area contributed by atoms with Crippen LogP contribution in [0.25, 0.3) is 0 Å². The van der Waals surface area contributed by atoms with Gasteiger partial charge < -0.3 is 19.5 Å². The van der Waals surface area contributed by atoms with Crippen LogP contribution < -0.4 is 14.8 Å². The van der Waals surface area contributed by atoms with Crippen molar-refractivity contribution in [1.29, 1.82) is 0 Å². The Balaban J connectivity index is 1.71. The van der Waals surface area contributed by atoms with Gasteiger partial charge >= 0.3 is 5.97 Å². The number of fused-ring (bicyclic) bond motifs is 1. The Kier molecular flexibility index (Phi) is 9.70. The second-order valence-corrected chi connectivity index (χ2v) is 10.0. The van der Waals surface area contributed by atoms with Crippen LogP contribution in [0.15, 0.2) is 65.0 Å². The van der Waals surface area contributed by atoms with Gasteiger partial charge in [0.2, 0.25) is 11.1 Å². The van der Waals surface area contributed by atoms with E-state index in [1.165, 1.54) is 0 Å². The molecule has 8 nitrogen and oxygen atoms in total. The maximum atomic E-state index is 13.3. The molecule has 0 spiro atoms. The van der Waals surface area contributed by atoms with Crippen LogP contribution in [-0.2, 0) is 16.1 Å². The first kappa shape index (κ1) is 27.6. The molecule has 202 valence electrons. The molecule has 0 aliphatic carbocycles. The molecule has 1 aliphatic rings. The van der Waals surface area contributed by atoms with Crippen LogP contribution in [0.4, 0.5) is 5.95 Å². The fourth-order valence-corrected chi connectivity index (χ4v) is 5.08. The van der Waals surface area contributed by atoms with Crippen LogP contribution in [0.2, 0.25) is 0 Å². The number of thioether (sulfide) groups is 1. The second-order valence-electron chi connectivity index (χ2n) is 8.98. The van der Waals surface area contributed by atoms with Crippen molar-refractivity contribution < 1.29 is 19.0 Å². The summed E-state index contributed by atoms with van der Waals surface area (Å²) < 4.78 is 19.5. The predicted octanol–water partition coefficient (Wildman–Crippen LogP) is 6.39. The topological polar surface area (TPSA) is 87.5 Å². The van der Waals surface area contributed by atoms with E-state index < -0.39 is 6.04 Å². The highest BCUT2D eigenvalue weighted by molar-refractivity contribution is 7.99. The van der Waals surface area contributed by atoms with E-state index in [1.54, 1.807) is 16.4 Å². The molecule has 1 atom stereocenters. The van der Waals surface area contributed by atoms with E-state index in [-0.39, 0.29) is 5.97 Å². The van der Waals surface area contributed by atoms with Gasteiger partial charge in [-0.05, 0) is 49.9 Å². The van der Waals surface area contributed by atoms with Crippen LogP contribution >= 0.6 is 11.8 Å². The van der Waals surface area contributed by atoms with Gasteiger partial charge in [-0.15, -0.1) is 5.10 Å². The molecular formula is C29H36N4O4S. The number of ether oxygens (including phenoxy) is 3. The van der Waals surface area contributed by atoms with Crippen molar-refractivity contribution in [3.63, 3.8) is 0 Å². The molecule has 4 rings (SSSR count). The van der Waals surface area contributed by atoms with Gasteiger partial charge in [0.05, 0.1) is 18.8 Å². The van der Waals surface area contributed by atoms with Crippen molar-refractivity contribution in [1.82, 2.24) is 14.8 Å². The van der Waals surface area contributed by atoms with Crippen molar-refractivity contribution in [2.24, 2.45) is 0 Å². The Morgan fingerprint density at radius 1 is 1.05 bits per heavy atom. The number of rotatable bonds is 13. The van der Waals surface area contributed by atoms with Gasteiger partial charge in [0, 0.05) is 11.4 Å². The Morgan fingerprint density at radius 3 is 2.61 bits per heavy atom. The third-order valence-electron chi connectivity index (χ3n) is 6.04. The van der Waals surface area contributed by atoms with Gasteiger partial charge in [-0.2, -0.15) is 4.98 Å². The summed E-state index contributed by atoms with van der Waals surface area (Å²) >= 11 is 1.62. The number of unbranched alkanes of at least 4 members (excludes halogenated alkanes) is 1. The lowest BCUT2D eigenvalue weighted by Crippen LogP contribution is -2.29. The summed E-state index contributed by atoms with van der Waals surface area (Å²) in [6.07, 6.45) is 2.93. The summed E-state index contributed by atoms with van der Waals surface area (Å²) in [5.74, 6) is 2.41. The standard InChI is InChI=1S/C29H36N4O4S/c1-5-8-17-38-29-31-28-30-20(4)25(27(34)36-16-6-2)26(33(28)32-29)22-14-15-23(24(18-22)35-7-3)37-19-21-12-10-9-11-13-21/h9-15,18,26H,5-8,16-17,19H2,1-4H3,(H,30,31,32). The molecule has 0 saturated carbocycles. The average Bonchev–Trinajstić information content (AvgIpc) is 3.33. The molecule has 1 aliphatic heterocycles. The molecular weight excluding hydrogens is 500 g/mol. The monoisotopic (exact) mass is 536 g/mol. The number of anilines is 1. The van der Waals surface area contributed by atoms with E-state index >= 15 is 0 Å². The zero-order valence-corrected chi connectivity index (χ0v) is 23.3. The lowest BCUT2D eigenvalue weighted by molar-refractivity contribution is -0.139. The van der Waals surface area contributed by atoms with Gasteiger partial charge in [0.15, 0.2) is 11.5 Å². The lowest BCUT2D eigenvalue weighted by Gasteiger charge is -2.28. The van der Waals surface area contributed by atoms with Gasteiger partial charge in [0.1, 0.15) is 12.6 Å². The van der Waals surface area contributed by atoms with Crippen LogP contribution in [-0.4, -0.2) is 39.7 Å². The molecule has 1 unspecified atom stereocenters. The first-order valence-electron chi connectivity index (χ1n) is 13.2. The van der Waals surface area contributed by atoms with Crippen LogP contribution in [0.1, 0.15) is 64.1 Å². The highest BCUT2D eigenvalue weighted by atomic mass is 32.2. The molecule has 0 radical (unpaired) electrons. The molecule has 3 aromatic rings. The largest absolute Gasteiger partial charge is 0.490 e. The fourth-order valence-electron chi connectivity index (χ4n) is 4.16. The Bertz CT molecular complexity index is 1260. The minimum atomic E-state index is -0.522. The minimum Gasteiger partial charge on any atom is -0.490 e. The molecule has 1 N–H and O–H groups in total. The molecule has 0 saturated heterocycles. The fraction of sp³-hybridized carbons (Fsp3) is 0.414. The summed E-state index contributed by atoms with van der Waals surface area (Å²) in [5.41, 5.74) is 3.10.